The predicted molar refractivity (Wildman–Crippen MR) is 124 cm³/mol. The van der Waals surface area contributed by atoms with Crippen molar-refractivity contribution in [3.63, 3.8) is 0 Å². The molecule has 2 N–H and O–H groups in total. The van der Waals surface area contributed by atoms with Gasteiger partial charge in [0.15, 0.2) is 9.84 Å². The summed E-state index contributed by atoms with van der Waals surface area (Å²) in [4.78, 5) is 17.1. The number of carbonyl (C=O) groups excluding carboxylic acids is 1. The zero-order valence-electron chi connectivity index (χ0n) is 17.1. The lowest BCUT2D eigenvalue weighted by Gasteiger charge is -2.18. The molecule has 4 aromatic rings. The number of sulfone groups is 1. The van der Waals surface area contributed by atoms with Gasteiger partial charge in [0.2, 0.25) is 0 Å². The Hall–Kier alpha value is -3.36. The summed E-state index contributed by atoms with van der Waals surface area (Å²) in [5, 5.41) is 14.4. The Bertz CT molecular complexity index is 1450. The van der Waals surface area contributed by atoms with Gasteiger partial charge in [-0.05, 0) is 24.3 Å². The fourth-order valence-electron chi connectivity index (χ4n) is 4.19. The minimum atomic E-state index is -3.67. The molecule has 0 fully saturated rings. The van der Waals surface area contributed by atoms with Gasteiger partial charge in [0.25, 0.3) is 5.91 Å². The van der Waals surface area contributed by atoms with Crippen LogP contribution in [0.3, 0.4) is 0 Å². The van der Waals surface area contributed by atoms with E-state index in [4.69, 9.17) is 0 Å². The van der Waals surface area contributed by atoms with Gasteiger partial charge in [-0.2, -0.15) is 0 Å². The lowest BCUT2D eigenvalue weighted by molar-refractivity contribution is 0.0948. The van der Waals surface area contributed by atoms with Crippen LogP contribution in [0.1, 0.15) is 21.6 Å². The Labute approximate surface area is 191 Å². The highest BCUT2D eigenvalue weighted by molar-refractivity contribution is 7.90. The van der Waals surface area contributed by atoms with E-state index in [0.29, 0.717) is 33.3 Å². The first-order valence-electron chi connectivity index (χ1n) is 9.71. The molecule has 0 saturated carbocycles. The molecule has 2 aromatic heterocycles. The summed E-state index contributed by atoms with van der Waals surface area (Å²) >= 11 is 0. The SMILES string of the molecule is Cl.Cn1c(CS(=O)(=O)c2ccccc2)c2c3c(c(O)c(-c4cccnc4)cc31)CNC2=O. The predicted octanol–water partition coefficient (Wildman–Crippen LogP) is 3.59. The van der Waals surface area contributed by atoms with E-state index in [-0.39, 0.29) is 41.3 Å². The molecule has 5 rings (SSSR count). The number of nitrogens with one attached hydrogen (secondary N) is 1. The molecule has 7 nitrogen and oxygen atoms in total. The van der Waals surface area contributed by atoms with Gasteiger partial charge in [-0.25, -0.2) is 8.42 Å². The van der Waals surface area contributed by atoms with Crippen LogP contribution in [0.5, 0.6) is 5.75 Å². The Kier molecular flexibility index (Phi) is 5.44. The van der Waals surface area contributed by atoms with Crippen LogP contribution in [0.25, 0.3) is 22.0 Å². The summed E-state index contributed by atoms with van der Waals surface area (Å²) in [5.74, 6) is -0.609. The lowest BCUT2D eigenvalue weighted by atomic mass is 9.94. The lowest BCUT2D eigenvalue weighted by Crippen LogP contribution is -2.28. The third kappa shape index (κ3) is 3.32. The number of hydrogen-bond acceptors (Lipinski definition) is 5. The molecule has 1 aliphatic heterocycles. The van der Waals surface area contributed by atoms with Gasteiger partial charge in [0, 0.05) is 53.8 Å². The van der Waals surface area contributed by atoms with E-state index >= 15 is 0 Å². The van der Waals surface area contributed by atoms with E-state index in [9.17, 15) is 18.3 Å². The number of rotatable bonds is 4. The smallest absolute Gasteiger partial charge is 0.254 e. The summed E-state index contributed by atoms with van der Waals surface area (Å²) in [6, 6.07) is 13.6. The average Bonchev–Trinajstić information content (AvgIpc) is 3.05. The summed E-state index contributed by atoms with van der Waals surface area (Å²) in [6.07, 6.45) is 3.30. The van der Waals surface area contributed by atoms with Crippen molar-refractivity contribution in [1.82, 2.24) is 14.9 Å². The van der Waals surface area contributed by atoms with Crippen molar-refractivity contribution in [3.8, 4) is 16.9 Å². The average molecular weight is 470 g/mol. The minimum Gasteiger partial charge on any atom is -0.507 e. The standard InChI is InChI=1S/C23H19N3O4S.ClH/c1-26-18-10-16(14-6-5-9-24-11-14)22(27)17-12-25-23(28)21(20(17)18)19(26)13-31(29,30)15-7-3-2-4-8-15;/h2-11,27H,12-13H2,1H3,(H,25,28);1H. The summed E-state index contributed by atoms with van der Waals surface area (Å²) in [5.41, 5.74) is 3.26. The number of carbonyl (C=O) groups is 1. The number of pyridine rings is 1. The van der Waals surface area contributed by atoms with Gasteiger partial charge in [0.05, 0.1) is 21.7 Å². The molecule has 0 atom stereocenters. The Morgan fingerprint density at radius 3 is 2.59 bits per heavy atom. The molecule has 0 saturated heterocycles. The molecule has 1 amide bonds. The van der Waals surface area contributed by atoms with Gasteiger partial charge in [0.1, 0.15) is 5.75 Å². The molecule has 0 bridgehead atoms. The highest BCUT2D eigenvalue weighted by atomic mass is 35.5. The van der Waals surface area contributed by atoms with E-state index in [0.717, 1.165) is 5.56 Å². The van der Waals surface area contributed by atoms with Crippen molar-refractivity contribution in [2.24, 2.45) is 7.05 Å². The molecule has 32 heavy (non-hydrogen) atoms. The first-order valence-corrected chi connectivity index (χ1v) is 11.4. The van der Waals surface area contributed by atoms with Crippen molar-refractivity contribution in [2.75, 3.05) is 0 Å². The Balaban J connectivity index is 0.00000245. The van der Waals surface area contributed by atoms with E-state index in [1.54, 1.807) is 66.5 Å². The molecule has 0 spiro atoms. The fraction of sp³-hybridized carbons (Fsp3) is 0.130. The molecule has 0 unspecified atom stereocenters. The Morgan fingerprint density at radius 1 is 1.16 bits per heavy atom. The van der Waals surface area contributed by atoms with Gasteiger partial charge >= 0.3 is 0 Å². The number of phenols is 1. The number of nitrogens with zero attached hydrogens (tertiary/aromatic N) is 2. The van der Waals surface area contributed by atoms with Crippen LogP contribution >= 0.6 is 12.4 Å². The van der Waals surface area contributed by atoms with Crippen LogP contribution in [0.4, 0.5) is 0 Å². The van der Waals surface area contributed by atoms with Gasteiger partial charge < -0.3 is 15.0 Å². The van der Waals surface area contributed by atoms with Crippen molar-refractivity contribution >= 4 is 39.1 Å². The van der Waals surface area contributed by atoms with Crippen molar-refractivity contribution in [1.29, 1.82) is 0 Å². The number of aromatic hydroxyl groups is 1. The van der Waals surface area contributed by atoms with Crippen LogP contribution in [0.15, 0.2) is 65.8 Å². The molecule has 3 heterocycles. The number of aromatic nitrogens is 2. The monoisotopic (exact) mass is 469 g/mol. The minimum absolute atomic E-state index is 0. The second kappa shape index (κ2) is 7.96. The maximum absolute atomic E-state index is 13.1. The normalized spacial score (nSPS) is 13.0. The van der Waals surface area contributed by atoms with Crippen molar-refractivity contribution in [3.05, 3.63) is 77.7 Å². The van der Waals surface area contributed by atoms with E-state index < -0.39 is 9.84 Å². The molecular weight excluding hydrogens is 450 g/mol. The number of halogens is 1. The first kappa shape index (κ1) is 21.9. The van der Waals surface area contributed by atoms with Crippen LogP contribution in [-0.2, 0) is 29.2 Å². The summed E-state index contributed by atoms with van der Waals surface area (Å²) in [6.45, 7) is 0.164. The number of hydrogen-bond donors (Lipinski definition) is 2. The second-order valence-electron chi connectivity index (χ2n) is 7.52. The molecule has 2 aromatic carbocycles. The molecule has 9 heteroatoms. The highest BCUT2D eigenvalue weighted by Crippen LogP contribution is 2.42. The Morgan fingerprint density at radius 2 is 1.91 bits per heavy atom. The van der Waals surface area contributed by atoms with Crippen molar-refractivity contribution < 1.29 is 18.3 Å². The summed E-state index contributed by atoms with van der Waals surface area (Å²) < 4.78 is 27.9. The molecule has 0 radical (unpaired) electrons. The number of phenolic OH excluding ortho intramolecular Hbond substituents is 1. The van der Waals surface area contributed by atoms with Gasteiger partial charge in [-0.1, -0.05) is 24.3 Å². The maximum atomic E-state index is 13.1. The van der Waals surface area contributed by atoms with Crippen molar-refractivity contribution in [2.45, 2.75) is 17.2 Å². The zero-order chi connectivity index (χ0) is 21.8. The number of benzene rings is 2. The van der Waals surface area contributed by atoms with Gasteiger partial charge in [-0.15, -0.1) is 12.4 Å². The van der Waals surface area contributed by atoms with Crippen LogP contribution in [0, 0.1) is 0 Å². The third-order valence-corrected chi connectivity index (χ3v) is 7.38. The highest BCUT2D eigenvalue weighted by Gasteiger charge is 2.32. The fourth-order valence-corrected chi connectivity index (χ4v) is 5.63. The van der Waals surface area contributed by atoms with Crippen LogP contribution in [0.2, 0.25) is 0 Å². The summed E-state index contributed by atoms with van der Waals surface area (Å²) in [7, 11) is -1.93. The van der Waals surface area contributed by atoms with E-state index in [1.807, 2.05) is 6.07 Å². The third-order valence-electron chi connectivity index (χ3n) is 5.74. The quantitative estimate of drug-likeness (QED) is 0.475. The topological polar surface area (TPSA) is 101 Å². The largest absolute Gasteiger partial charge is 0.507 e. The zero-order valence-corrected chi connectivity index (χ0v) is 18.7. The van der Waals surface area contributed by atoms with E-state index in [1.165, 1.54) is 0 Å². The molecular formula is C23H20ClN3O4S. The molecule has 1 aliphatic rings. The van der Waals surface area contributed by atoms with Gasteiger partial charge in [-0.3, -0.25) is 9.78 Å². The van der Waals surface area contributed by atoms with Crippen LogP contribution in [-0.4, -0.2) is 29.0 Å². The van der Waals surface area contributed by atoms with E-state index in [2.05, 4.69) is 10.3 Å². The second-order valence-corrected chi connectivity index (χ2v) is 9.51. The molecule has 164 valence electrons. The number of amides is 1. The molecule has 0 aliphatic carbocycles. The van der Waals surface area contributed by atoms with Crippen LogP contribution < -0.4 is 5.32 Å². The maximum Gasteiger partial charge on any atom is 0.254 e. The number of aryl methyl sites for hydroxylation is 1. The first-order chi connectivity index (χ1) is 14.9.